The lowest BCUT2D eigenvalue weighted by Crippen LogP contribution is -2.51. The lowest BCUT2D eigenvalue weighted by Gasteiger charge is -2.34. The maximum absolute atomic E-state index is 10.4. The first-order valence-electron chi connectivity index (χ1n) is 7.84. The number of aliphatic hydroxyl groups is 2. The molecule has 0 bridgehead atoms. The fraction of sp³-hybridized carbons (Fsp3) is 0.625. The summed E-state index contributed by atoms with van der Waals surface area (Å²) < 4.78 is 5.89. The normalized spacial score (nSPS) is 33.6. The Labute approximate surface area is 143 Å². The monoisotopic (exact) mass is 354 g/mol. The van der Waals surface area contributed by atoms with Gasteiger partial charge in [-0.3, -0.25) is 5.73 Å². The minimum absolute atomic E-state index is 0.251. The van der Waals surface area contributed by atoms with Gasteiger partial charge in [-0.05, 0) is 32.8 Å². The van der Waals surface area contributed by atoms with E-state index in [1.165, 1.54) is 0 Å². The van der Waals surface area contributed by atoms with E-state index < -0.39 is 37.7 Å². The summed E-state index contributed by atoms with van der Waals surface area (Å²) in [5.41, 5.74) is 12.3. The Morgan fingerprint density at radius 1 is 1.42 bits per heavy atom. The Morgan fingerprint density at radius 3 is 2.67 bits per heavy atom. The molecule has 0 saturated carbocycles. The molecular weight excluding hydrogens is 327 g/mol. The molecule has 0 aliphatic carbocycles. The summed E-state index contributed by atoms with van der Waals surface area (Å²) in [6.07, 6.45) is 3.17. The highest BCUT2D eigenvalue weighted by Gasteiger charge is 2.46. The van der Waals surface area contributed by atoms with E-state index in [-0.39, 0.29) is 5.84 Å². The van der Waals surface area contributed by atoms with Gasteiger partial charge in [-0.2, -0.15) is 0 Å². The van der Waals surface area contributed by atoms with Crippen LogP contribution in [0, 0.1) is 11.8 Å². The molecule has 7 nitrogen and oxygen atoms in total. The van der Waals surface area contributed by atoms with Gasteiger partial charge in [0.25, 0.3) is 0 Å². The topological polar surface area (TPSA) is 117 Å². The zero-order valence-corrected chi connectivity index (χ0v) is 15.3. The molecule has 2 aliphatic heterocycles. The molecule has 0 aromatic carbocycles. The van der Waals surface area contributed by atoms with E-state index in [0.717, 1.165) is 6.16 Å². The largest absolute Gasteiger partial charge is 0.388 e. The molecule has 1 saturated heterocycles. The van der Waals surface area contributed by atoms with E-state index in [2.05, 4.69) is 36.5 Å². The van der Waals surface area contributed by atoms with Crippen molar-refractivity contribution in [2.45, 2.75) is 44.2 Å². The van der Waals surface area contributed by atoms with E-state index in [9.17, 15) is 10.2 Å². The predicted octanol–water partition coefficient (Wildman–Crippen LogP) is -0.645. The summed E-state index contributed by atoms with van der Waals surface area (Å²) in [4.78, 5) is 5.68. The summed E-state index contributed by atoms with van der Waals surface area (Å²) in [5.74, 6) is 5.85. The van der Waals surface area contributed by atoms with Crippen LogP contribution >= 0.6 is 6.89 Å². The molecule has 0 radical (unpaired) electrons. The molecule has 5 atom stereocenters. The molecule has 2 aliphatic rings. The van der Waals surface area contributed by atoms with Crippen molar-refractivity contribution in [3.8, 4) is 11.8 Å². The van der Waals surface area contributed by atoms with Gasteiger partial charge in [0, 0.05) is 6.20 Å². The van der Waals surface area contributed by atoms with Crippen molar-refractivity contribution in [3.05, 3.63) is 11.8 Å². The maximum atomic E-state index is 10.4. The van der Waals surface area contributed by atoms with Crippen LogP contribution in [0.4, 0.5) is 0 Å². The summed E-state index contributed by atoms with van der Waals surface area (Å²) >= 11 is 0. The molecule has 6 N–H and O–H groups in total. The molecule has 2 rings (SSSR count). The van der Waals surface area contributed by atoms with Gasteiger partial charge >= 0.3 is 0 Å². The Hall–Kier alpha value is -1.29. The zero-order chi connectivity index (χ0) is 18.1. The summed E-state index contributed by atoms with van der Waals surface area (Å²) in [6, 6.07) is 0. The van der Waals surface area contributed by atoms with Gasteiger partial charge in [0.15, 0.2) is 12.5 Å². The van der Waals surface area contributed by atoms with Crippen molar-refractivity contribution in [1.82, 2.24) is 4.90 Å². The second-order valence-corrected chi connectivity index (χ2v) is 11.1. The van der Waals surface area contributed by atoms with Gasteiger partial charge in [-0.15, -0.1) is 19.1 Å². The smallest absolute Gasteiger partial charge is 0.177 e. The summed E-state index contributed by atoms with van der Waals surface area (Å²) in [5, 5.41) is 20.7. The molecule has 1 fully saturated rings. The van der Waals surface area contributed by atoms with Crippen molar-refractivity contribution < 1.29 is 14.9 Å². The SMILES string of the molecule is C=P(C)(C)CC[C@H]1O[C@@H](N2C=C(C#CC)C(N)=NC2N)[C@H](O)[C@@H]1O. The summed E-state index contributed by atoms with van der Waals surface area (Å²) in [7, 11) is 0. The third-order valence-electron chi connectivity index (χ3n) is 4.04. The number of nitrogens with two attached hydrogens (primary N) is 2. The Balaban J connectivity index is 2.16. The van der Waals surface area contributed by atoms with Crippen molar-refractivity contribution in [1.29, 1.82) is 0 Å². The highest BCUT2D eigenvalue weighted by molar-refractivity contribution is 7.72. The highest BCUT2D eigenvalue weighted by Crippen LogP contribution is 2.38. The molecule has 1 unspecified atom stereocenters. The number of nitrogens with zero attached hydrogens (tertiary/aromatic N) is 2. The molecule has 0 amide bonds. The fourth-order valence-corrected chi connectivity index (χ4v) is 3.67. The van der Waals surface area contributed by atoms with Crippen LogP contribution < -0.4 is 11.5 Å². The molecule has 0 aromatic heterocycles. The Morgan fingerprint density at radius 2 is 2.08 bits per heavy atom. The summed E-state index contributed by atoms with van der Waals surface area (Å²) in [6.45, 7) is 4.70. The van der Waals surface area contributed by atoms with E-state index >= 15 is 0 Å². The lowest BCUT2D eigenvalue weighted by molar-refractivity contribution is -0.0835. The number of hydrogen-bond acceptors (Lipinski definition) is 7. The number of aliphatic imine (C=N–C) groups is 1. The third-order valence-corrected chi connectivity index (χ3v) is 5.51. The van der Waals surface area contributed by atoms with Crippen LogP contribution in [0.3, 0.4) is 0 Å². The van der Waals surface area contributed by atoms with E-state index in [4.69, 9.17) is 16.2 Å². The first kappa shape index (κ1) is 19.0. The van der Waals surface area contributed by atoms with Crippen LogP contribution in [0.1, 0.15) is 13.3 Å². The van der Waals surface area contributed by atoms with Gasteiger partial charge in [-0.1, -0.05) is 5.92 Å². The molecule has 0 aromatic rings. The average Bonchev–Trinajstić information content (AvgIpc) is 2.75. The van der Waals surface area contributed by atoms with Crippen molar-refractivity contribution in [2.24, 2.45) is 16.5 Å². The molecule has 0 spiro atoms. The minimum atomic E-state index is -1.24. The highest BCUT2D eigenvalue weighted by atomic mass is 31.2. The lowest BCUT2D eigenvalue weighted by atomic mass is 10.1. The van der Waals surface area contributed by atoms with Crippen LogP contribution in [0.25, 0.3) is 0 Å². The average molecular weight is 354 g/mol. The predicted molar refractivity (Wildman–Crippen MR) is 99.0 cm³/mol. The van der Waals surface area contributed by atoms with Crippen molar-refractivity contribution >= 4 is 19.0 Å². The van der Waals surface area contributed by atoms with E-state index in [1.807, 2.05) is 0 Å². The van der Waals surface area contributed by atoms with Gasteiger partial charge in [-0.25, -0.2) is 4.99 Å². The Bertz CT molecular complexity index is 645. The van der Waals surface area contributed by atoms with Crippen LogP contribution in [0.15, 0.2) is 16.8 Å². The molecule has 134 valence electrons. The van der Waals surface area contributed by atoms with Gasteiger partial charge in [0.05, 0.1) is 11.7 Å². The second kappa shape index (κ2) is 7.30. The quantitative estimate of drug-likeness (QED) is 0.394. The number of amidine groups is 1. The van der Waals surface area contributed by atoms with Crippen LogP contribution in [-0.2, 0) is 4.74 Å². The van der Waals surface area contributed by atoms with E-state index in [0.29, 0.717) is 12.0 Å². The second-order valence-electron chi connectivity index (χ2n) is 6.79. The minimum Gasteiger partial charge on any atom is -0.388 e. The van der Waals surface area contributed by atoms with Gasteiger partial charge in [0.1, 0.15) is 18.0 Å². The van der Waals surface area contributed by atoms with Gasteiger partial charge in [0.2, 0.25) is 0 Å². The standard InChI is InChI=1S/C16H27N4O3P/c1-5-6-10-9-20(16(18)19-14(10)17)15-13(22)12(21)11(23-15)7-8-24(2,3)4/h9,11-13,15-16,21-22H,2,7-8,18H2,1,3-4H3,(H2,17,19)/t11-,12-,13-,15-,16?/m1/s1. The van der Waals surface area contributed by atoms with Crippen LogP contribution in [0.2, 0.25) is 0 Å². The Kier molecular flexibility index (Phi) is 5.79. The van der Waals surface area contributed by atoms with Crippen molar-refractivity contribution in [2.75, 3.05) is 19.5 Å². The van der Waals surface area contributed by atoms with Gasteiger partial charge < -0.3 is 25.6 Å². The molecule has 2 heterocycles. The number of aliphatic hydroxyl groups excluding tert-OH is 2. The molecule has 24 heavy (non-hydrogen) atoms. The van der Waals surface area contributed by atoms with E-state index in [1.54, 1.807) is 18.0 Å². The number of hydrogen-bond donors (Lipinski definition) is 4. The maximum Gasteiger partial charge on any atom is 0.177 e. The van der Waals surface area contributed by atoms with Crippen LogP contribution in [0.5, 0.6) is 0 Å². The number of ether oxygens (including phenoxy) is 1. The van der Waals surface area contributed by atoms with Crippen LogP contribution in [-0.4, -0.2) is 77.6 Å². The molecule has 8 heteroatoms. The number of rotatable bonds is 4. The fourth-order valence-electron chi connectivity index (χ4n) is 2.72. The first-order valence-corrected chi connectivity index (χ1v) is 10.9. The molecular formula is C16H27N4O3P. The first-order chi connectivity index (χ1) is 11.1. The third kappa shape index (κ3) is 4.21. The van der Waals surface area contributed by atoms with Crippen molar-refractivity contribution in [3.63, 3.8) is 0 Å². The zero-order valence-electron chi connectivity index (χ0n) is 14.4.